The van der Waals surface area contributed by atoms with Gasteiger partial charge < -0.3 is 15.0 Å². The van der Waals surface area contributed by atoms with E-state index in [0.29, 0.717) is 0 Å². The molecule has 0 bridgehead atoms. The van der Waals surface area contributed by atoms with E-state index in [0.717, 1.165) is 37.4 Å². The lowest BCUT2D eigenvalue weighted by atomic mass is 10.1. The van der Waals surface area contributed by atoms with E-state index in [1.54, 1.807) is 6.08 Å². The highest BCUT2D eigenvalue weighted by atomic mass is 16.5. The molecule has 1 amide bonds. The van der Waals surface area contributed by atoms with Crippen molar-refractivity contribution < 1.29 is 9.53 Å². The average molecular weight is 350 g/mol. The summed E-state index contributed by atoms with van der Waals surface area (Å²) in [6.07, 6.45) is 3.44. The molecule has 0 radical (unpaired) electrons. The SMILES string of the molecule is Cc1cccc(/C=C/C(=O)NC(C)c2cccc(N3CCOCC3)c2)c1. The van der Waals surface area contributed by atoms with Crippen molar-refractivity contribution in [3.8, 4) is 0 Å². The first-order valence-corrected chi connectivity index (χ1v) is 9.10. The van der Waals surface area contributed by atoms with Crippen LogP contribution in [0.5, 0.6) is 0 Å². The largest absolute Gasteiger partial charge is 0.378 e. The molecule has 0 saturated carbocycles. The summed E-state index contributed by atoms with van der Waals surface area (Å²) in [5.41, 5.74) is 4.50. The molecule has 3 rings (SSSR count). The van der Waals surface area contributed by atoms with E-state index in [-0.39, 0.29) is 11.9 Å². The predicted molar refractivity (Wildman–Crippen MR) is 106 cm³/mol. The van der Waals surface area contributed by atoms with Crippen LogP contribution in [-0.4, -0.2) is 32.2 Å². The molecule has 1 aliphatic rings. The standard InChI is InChI=1S/C22H26N2O2/c1-17-5-3-6-19(15-17)9-10-22(25)23-18(2)20-7-4-8-21(16-20)24-11-13-26-14-12-24/h3-10,15-16,18H,11-14H2,1-2H3,(H,23,25)/b10-9+. The third-order valence-corrected chi connectivity index (χ3v) is 4.57. The molecule has 4 heteroatoms. The summed E-state index contributed by atoms with van der Waals surface area (Å²) in [6.45, 7) is 7.39. The number of rotatable bonds is 5. The molecular formula is C22H26N2O2. The number of ether oxygens (including phenoxy) is 1. The summed E-state index contributed by atoms with van der Waals surface area (Å²) in [5.74, 6) is -0.0872. The van der Waals surface area contributed by atoms with Crippen molar-refractivity contribution in [1.29, 1.82) is 0 Å². The number of hydrogen-bond acceptors (Lipinski definition) is 3. The van der Waals surface area contributed by atoms with Crippen molar-refractivity contribution >= 4 is 17.7 Å². The normalized spacial score (nSPS) is 15.8. The fourth-order valence-electron chi connectivity index (χ4n) is 3.10. The second-order valence-corrected chi connectivity index (χ2v) is 6.67. The molecule has 136 valence electrons. The van der Waals surface area contributed by atoms with Gasteiger partial charge in [-0.05, 0) is 43.2 Å². The minimum atomic E-state index is -0.0872. The van der Waals surface area contributed by atoms with E-state index in [1.807, 2.05) is 44.2 Å². The van der Waals surface area contributed by atoms with Gasteiger partial charge in [-0.15, -0.1) is 0 Å². The molecule has 26 heavy (non-hydrogen) atoms. The molecule has 0 aliphatic carbocycles. The number of nitrogens with zero attached hydrogens (tertiary/aromatic N) is 1. The van der Waals surface area contributed by atoms with Crippen LogP contribution in [0, 0.1) is 6.92 Å². The molecule has 1 fully saturated rings. The van der Waals surface area contributed by atoms with Gasteiger partial charge in [0.2, 0.25) is 5.91 Å². The summed E-state index contributed by atoms with van der Waals surface area (Å²) in [6, 6.07) is 16.4. The molecular weight excluding hydrogens is 324 g/mol. The zero-order valence-corrected chi connectivity index (χ0v) is 15.4. The number of carbonyl (C=O) groups is 1. The number of amides is 1. The Balaban J connectivity index is 1.62. The van der Waals surface area contributed by atoms with Crippen LogP contribution in [0.2, 0.25) is 0 Å². The van der Waals surface area contributed by atoms with Gasteiger partial charge in [-0.25, -0.2) is 0 Å². The van der Waals surface area contributed by atoms with E-state index in [9.17, 15) is 4.79 Å². The van der Waals surface area contributed by atoms with Gasteiger partial charge in [0.05, 0.1) is 19.3 Å². The predicted octanol–water partition coefficient (Wildman–Crippen LogP) is 3.72. The summed E-state index contributed by atoms with van der Waals surface area (Å²) in [7, 11) is 0. The van der Waals surface area contributed by atoms with Crippen molar-refractivity contribution in [2.45, 2.75) is 19.9 Å². The summed E-state index contributed by atoms with van der Waals surface area (Å²) < 4.78 is 5.42. The molecule has 2 aromatic rings. The topological polar surface area (TPSA) is 41.6 Å². The van der Waals surface area contributed by atoms with Gasteiger partial charge in [-0.2, -0.15) is 0 Å². The molecule has 1 aliphatic heterocycles. The Morgan fingerprint density at radius 1 is 1.15 bits per heavy atom. The lowest BCUT2D eigenvalue weighted by molar-refractivity contribution is -0.117. The Labute approximate surface area is 155 Å². The number of nitrogens with one attached hydrogen (secondary N) is 1. The first kappa shape index (κ1) is 18.2. The molecule has 0 spiro atoms. The van der Waals surface area contributed by atoms with Crippen LogP contribution < -0.4 is 10.2 Å². The van der Waals surface area contributed by atoms with Crippen molar-refractivity contribution in [2.75, 3.05) is 31.2 Å². The average Bonchev–Trinajstić information content (AvgIpc) is 2.67. The Kier molecular flexibility index (Phi) is 6.08. The van der Waals surface area contributed by atoms with E-state index >= 15 is 0 Å². The second kappa shape index (κ2) is 8.68. The number of hydrogen-bond donors (Lipinski definition) is 1. The van der Waals surface area contributed by atoms with E-state index in [1.165, 1.54) is 11.3 Å². The van der Waals surface area contributed by atoms with Crippen molar-refractivity contribution in [2.24, 2.45) is 0 Å². The minimum absolute atomic E-state index is 0.0503. The van der Waals surface area contributed by atoms with Gasteiger partial charge >= 0.3 is 0 Å². The summed E-state index contributed by atoms with van der Waals surface area (Å²) >= 11 is 0. The van der Waals surface area contributed by atoms with Crippen LogP contribution >= 0.6 is 0 Å². The minimum Gasteiger partial charge on any atom is -0.378 e. The molecule has 2 aromatic carbocycles. The molecule has 1 N–H and O–H groups in total. The lowest BCUT2D eigenvalue weighted by Crippen LogP contribution is -2.36. The van der Waals surface area contributed by atoms with Crippen LogP contribution in [0.15, 0.2) is 54.6 Å². The van der Waals surface area contributed by atoms with Gasteiger partial charge in [-0.3, -0.25) is 4.79 Å². The van der Waals surface area contributed by atoms with Crippen LogP contribution in [0.1, 0.15) is 29.7 Å². The number of aryl methyl sites for hydroxylation is 1. The Morgan fingerprint density at radius 3 is 2.69 bits per heavy atom. The second-order valence-electron chi connectivity index (χ2n) is 6.67. The van der Waals surface area contributed by atoms with Crippen LogP contribution in [0.4, 0.5) is 5.69 Å². The third kappa shape index (κ3) is 4.96. The van der Waals surface area contributed by atoms with E-state index < -0.39 is 0 Å². The highest BCUT2D eigenvalue weighted by molar-refractivity contribution is 5.92. The maximum atomic E-state index is 12.2. The Hall–Kier alpha value is -2.59. The quantitative estimate of drug-likeness (QED) is 0.836. The Morgan fingerprint density at radius 2 is 1.92 bits per heavy atom. The van der Waals surface area contributed by atoms with E-state index in [4.69, 9.17) is 4.74 Å². The number of carbonyl (C=O) groups excluding carboxylic acids is 1. The van der Waals surface area contributed by atoms with Crippen LogP contribution in [0.3, 0.4) is 0 Å². The van der Waals surface area contributed by atoms with Gasteiger partial charge in [0.25, 0.3) is 0 Å². The smallest absolute Gasteiger partial charge is 0.244 e. The zero-order valence-electron chi connectivity index (χ0n) is 15.4. The molecule has 1 atom stereocenters. The summed E-state index contributed by atoms with van der Waals surface area (Å²) in [5, 5.41) is 3.04. The Bertz CT molecular complexity index is 779. The molecule has 1 saturated heterocycles. The third-order valence-electron chi connectivity index (χ3n) is 4.57. The number of benzene rings is 2. The number of morpholine rings is 1. The maximum absolute atomic E-state index is 12.2. The fraction of sp³-hybridized carbons (Fsp3) is 0.318. The van der Waals surface area contributed by atoms with Gasteiger partial charge in [0.1, 0.15) is 0 Å². The van der Waals surface area contributed by atoms with E-state index in [2.05, 4.69) is 34.5 Å². The first-order chi connectivity index (χ1) is 12.6. The monoisotopic (exact) mass is 350 g/mol. The van der Waals surface area contributed by atoms with Crippen LogP contribution in [-0.2, 0) is 9.53 Å². The highest BCUT2D eigenvalue weighted by Gasteiger charge is 2.13. The first-order valence-electron chi connectivity index (χ1n) is 9.10. The van der Waals surface area contributed by atoms with Gasteiger partial charge in [0, 0.05) is 24.9 Å². The number of anilines is 1. The van der Waals surface area contributed by atoms with Crippen molar-refractivity contribution in [3.63, 3.8) is 0 Å². The highest BCUT2D eigenvalue weighted by Crippen LogP contribution is 2.21. The lowest BCUT2D eigenvalue weighted by Gasteiger charge is -2.29. The molecule has 1 heterocycles. The van der Waals surface area contributed by atoms with Crippen molar-refractivity contribution in [3.05, 3.63) is 71.3 Å². The summed E-state index contributed by atoms with van der Waals surface area (Å²) in [4.78, 5) is 14.6. The van der Waals surface area contributed by atoms with Crippen LogP contribution in [0.25, 0.3) is 6.08 Å². The van der Waals surface area contributed by atoms with Crippen molar-refractivity contribution in [1.82, 2.24) is 5.32 Å². The fourth-order valence-corrected chi connectivity index (χ4v) is 3.10. The molecule has 0 aromatic heterocycles. The maximum Gasteiger partial charge on any atom is 0.244 e. The van der Waals surface area contributed by atoms with Gasteiger partial charge in [0.15, 0.2) is 0 Å². The molecule has 1 unspecified atom stereocenters. The molecule has 4 nitrogen and oxygen atoms in total. The zero-order chi connectivity index (χ0) is 18.4. The van der Waals surface area contributed by atoms with Gasteiger partial charge in [-0.1, -0.05) is 42.0 Å².